The van der Waals surface area contributed by atoms with E-state index >= 15 is 0 Å². The zero-order valence-corrected chi connectivity index (χ0v) is 30.8. The van der Waals surface area contributed by atoms with Crippen molar-refractivity contribution in [3.8, 4) is 22.3 Å². The van der Waals surface area contributed by atoms with Crippen LogP contribution in [-0.4, -0.2) is 0 Å². The van der Waals surface area contributed by atoms with E-state index in [-0.39, 0.29) is 0 Å². The lowest BCUT2D eigenvalue weighted by molar-refractivity contribution is 0.668. The van der Waals surface area contributed by atoms with Crippen molar-refractivity contribution in [1.82, 2.24) is 0 Å². The summed E-state index contributed by atoms with van der Waals surface area (Å²) in [6, 6.07) is 71.8. The number of anilines is 3. The Morgan fingerprint density at radius 2 is 0.825 bits per heavy atom. The van der Waals surface area contributed by atoms with Crippen molar-refractivity contribution in [3.63, 3.8) is 0 Å². The van der Waals surface area contributed by atoms with Gasteiger partial charge in [-0.3, -0.25) is 0 Å². The van der Waals surface area contributed by atoms with E-state index < -0.39 is 0 Å². The van der Waals surface area contributed by atoms with Crippen molar-refractivity contribution in [1.29, 1.82) is 0 Å². The Morgan fingerprint density at radius 3 is 1.60 bits per heavy atom. The Bertz CT molecular complexity index is 3530. The number of nitrogens with zero attached hydrogens (tertiary/aromatic N) is 1. The molecule has 10 aromatic carbocycles. The molecule has 266 valence electrons. The SMILES string of the molecule is c1ccc2c(-c3c(N(c4ccc(-c5ccc6c(c5)oc5ccccc56)cc4)c4ccc5oc6ccccc6c5c4)c4ccccc4c4ccccc34)cccc2c1. The second-order valence-corrected chi connectivity index (χ2v) is 14.8. The fourth-order valence-electron chi connectivity index (χ4n) is 9.04. The molecule has 0 fully saturated rings. The molecule has 2 heterocycles. The van der Waals surface area contributed by atoms with Crippen molar-refractivity contribution in [2.45, 2.75) is 0 Å². The molecule has 0 amide bonds. The average molecular weight is 728 g/mol. The quantitative estimate of drug-likeness (QED) is 0.165. The minimum atomic E-state index is 0.869. The van der Waals surface area contributed by atoms with E-state index in [2.05, 4.69) is 181 Å². The van der Waals surface area contributed by atoms with Crippen molar-refractivity contribution < 1.29 is 8.83 Å². The van der Waals surface area contributed by atoms with Crippen LogP contribution in [0, 0.1) is 0 Å². The van der Waals surface area contributed by atoms with Gasteiger partial charge in [0.15, 0.2) is 0 Å². The summed E-state index contributed by atoms with van der Waals surface area (Å²) in [5.74, 6) is 0. The van der Waals surface area contributed by atoms with Crippen LogP contribution in [0.4, 0.5) is 17.1 Å². The maximum Gasteiger partial charge on any atom is 0.136 e. The molecule has 0 saturated carbocycles. The molecule has 0 N–H and O–H groups in total. The number of hydrogen-bond acceptors (Lipinski definition) is 3. The highest BCUT2D eigenvalue weighted by atomic mass is 16.3. The average Bonchev–Trinajstić information content (AvgIpc) is 3.84. The molecule has 0 radical (unpaired) electrons. The van der Waals surface area contributed by atoms with Crippen molar-refractivity contribution in [2.24, 2.45) is 0 Å². The second kappa shape index (κ2) is 12.5. The van der Waals surface area contributed by atoms with Crippen LogP contribution < -0.4 is 4.90 Å². The normalized spacial score (nSPS) is 11.9. The molecular weight excluding hydrogens is 695 g/mol. The monoisotopic (exact) mass is 727 g/mol. The maximum atomic E-state index is 6.36. The fourth-order valence-corrected chi connectivity index (χ4v) is 9.04. The largest absolute Gasteiger partial charge is 0.456 e. The number of para-hydroxylation sites is 2. The van der Waals surface area contributed by atoms with Crippen LogP contribution in [-0.2, 0) is 0 Å². The van der Waals surface area contributed by atoms with Gasteiger partial charge in [0, 0.05) is 43.9 Å². The Balaban J connectivity index is 1.15. The van der Waals surface area contributed by atoms with Crippen molar-refractivity contribution in [2.75, 3.05) is 4.90 Å². The van der Waals surface area contributed by atoms with Crippen LogP contribution >= 0.6 is 0 Å². The lowest BCUT2D eigenvalue weighted by Gasteiger charge is -2.31. The van der Waals surface area contributed by atoms with Crippen LogP contribution in [0.15, 0.2) is 209 Å². The zero-order valence-electron chi connectivity index (χ0n) is 30.8. The molecule has 3 heteroatoms. The van der Waals surface area contributed by atoms with Gasteiger partial charge >= 0.3 is 0 Å². The van der Waals surface area contributed by atoms with Crippen LogP contribution in [0.1, 0.15) is 0 Å². The van der Waals surface area contributed by atoms with E-state index in [4.69, 9.17) is 8.83 Å². The van der Waals surface area contributed by atoms with Gasteiger partial charge in [-0.25, -0.2) is 0 Å². The Labute approximate surface area is 328 Å². The molecule has 0 atom stereocenters. The standard InChI is InChI=1S/C54H33NO2/c1-2-14-39-35(12-1)13-11-21-45(39)53-46-19-5-3-15-40(46)41-16-4-6-20-47(41)54(53)55(38-29-31-51-48(33-38)43-18-8-10-23-50(43)56-51)37-27-24-34(25-28-37)36-26-30-44-42-17-7-9-22-49(42)57-52(44)32-36/h1-33H. The topological polar surface area (TPSA) is 29.5 Å². The third-order valence-electron chi connectivity index (χ3n) is 11.6. The van der Waals surface area contributed by atoms with Crippen LogP contribution in [0.25, 0.3) is 98.4 Å². The van der Waals surface area contributed by atoms with Crippen LogP contribution in [0.5, 0.6) is 0 Å². The first kappa shape index (κ1) is 31.7. The van der Waals surface area contributed by atoms with E-state index in [0.29, 0.717) is 0 Å². The highest BCUT2D eigenvalue weighted by Gasteiger charge is 2.25. The summed E-state index contributed by atoms with van der Waals surface area (Å²) in [5.41, 5.74) is 11.4. The first-order chi connectivity index (χ1) is 28.3. The first-order valence-electron chi connectivity index (χ1n) is 19.4. The smallest absolute Gasteiger partial charge is 0.136 e. The molecule has 0 aliphatic carbocycles. The summed E-state index contributed by atoms with van der Waals surface area (Å²) in [7, 11) is 0. The molecule has 0 aliphatic rings. The molecule has 0 spiro atoms. The molecule has 12 aromatic rings. The molecule has 0 saturated heterocycles. The van der Waals surface area contributed by atoms with Gasteiger partial charge in [-0.2, -0.15) is 0 Å². The van der Waals surface area contributed by atoms with E-state index in [1.54, 1.807) is 0 Å². The predicted molar refractivity (Wildman–Crippen MR) is 239 cm³/mol. The third kappa shape index (κ3) is 4.92. The highest BCUT2D eigenvalue weighted by molar-refractivity contribution is 6.24. The number of fused-ring (bicyclic) bond motifs is 10. The Kier molecular flexibility index (Phi) is 6.93. The number of hydrogen-bond donors (Lipinski definition) is 0. The first-order valence-corrected chi connectivity index (χ1v) is 19.4. The number of furan rings is 2. The minimum Gasteiger partial charge on any atom is -0.456 e. The summed E-state index contributed by atoms with van der Waals surface area (Å²) < 4.78 is 12.7. The second-order valence-electron chi connectivity index (χ2n) is 14.8. The van der Waals surface area contributed by atoms with Gasteiger partial charge in [-0.15, -0.1) is 0 Å². The van der Waals surface area contributed by atoms with E-state index in [1.165, 1.54) is 43.4 Å². The summed E-state index contributed by atoms with van der Waals surface area (Å²) in [6.45, 7) is 0. The van der Waals surface area contributed by atoms with E-state index in [9.17, 15) is 0 Å². The van der Waals surface area contributed by atoms with Crippen LogP contribution in [0.2, 0.25) is 0 Å². The molecule has 0 bridgehead atoms. The summed E-state index contributed by atoms with van der Waals surface area (Å²) in [6.07, 6.45) is 0. The Morgan fingerprint density at radius 1 is 0.298 bits per heavy atom. The molecule has 2 aromatic heterocycles. The molecule has 57 heavy (non-hydrogen) atoms. The fraction of sp³-hybridized carbons (Fsp3) is 0. The van der Waals surface area contributed by atoms with Crippen LogP contribution in [0.3, 0.4) is 0 Å². The summed E-state index contributed by atoms with van der Waals surface area (Å²) >= 11 is 0. The lowest BCUT2D eigenvalue weighted by atomic mass is 9.88. The van der Waals surface area contributed by atoms with Gasteiger partial charge < -0.3 is 13.7 Å². The number of benzene rings is 10. The van der Waals surface area contributed by atoms with Gasteiger partial charge in [0.25, 0.3) is 0 Å². The van der Waals surface area contributed by atoms with Crippen molar-refractivity contribution in [3.05, 3.63) is 200 Å². The molecule has 12 rings (SSSR count). The summed E-state index contributed by atoms with van der Waals surface area (Å²) in [5, 5.41) is 11.7. The van der Waals surface area contributed by atoms with Gasteiger partial charge in [0.2, 0.25) is 0 Å². The maximum absolute atomic E-state index is 6.36. The lowest BCUT2D eigenvalue weighted by Crippen LogP contribution is -2.12. The molecule has 3 nitrogen and oxygen atoms in total. The van der Waals surface area contributed by atoms with Gasteiger partial charge in [0.1, 0.15) is 22.3 Å². The molecule has 0 aliphatic heterocycles. The van der Waals surface area contributed by atoms with E-state index in [1.807, 2.05) is 24.3 Å². The predicted octanol–water partition coefficient (Wildman–Crippen LogP) is 15.7. The Hall–Kier alpha value is -7.62. The zero-order chi connectivity index (χ0) is 37.5. The van der Waals surface area contributed by atoms with E-state index in [0.717, 1.165) is 72.1 Å². The molecular formula is C54H33NO2. The summed E-state index contributed by atoms with van der Waals surface area (Å²) in [4.78, 5) is 2.46. The number of rotatable bonds is 5. The third-order valence-corrected chi connectivity index (χ3v) is 11.6. The van der Waals surface area contributed by atoms with Crippen molar-refractivity contribution >= 4 is 93.3 Å². The highest BCUT2D eigenvalue weighted by Crippen LogP contribution is 2.51. The minimum absolute atomic E-state index is 0.869. The molecule has 0 unspecified atom stereocenters. The van der Waals surface area contributed by atoms with Gasteiger partial charge in [-0.1, -0.05) is 146 Å². The van der Waals surface area contributed by atoms with Gasteiger partial charge in [-0.05, 0) is 98.2 Å². The van der Waals surface area contributed by atoms with Gasteiger partial charge in [0.05, 0.1) is 5.69 Å².